The van der Waals surface area contributed by atoms with Crippen molar-refractivity contribution >= 4 is 29.2 Å². The molecule has 0 fully saturated rings. The van der Waals surface area contributed by atoms with Crippen LogP contribution in [-0.2, 0) is 15.0 Å². The van der Waals surface area contributed by atoms with Gasteiger partial charge in [0.25, 0.3) is 0 Å². The summed E-state index contributed by atoms with van der Waals surface area (Å²) in [6.07, 6.45) is 13.3. The van der Waals surface area contributed by atoms with E-state index in [4.69, 9.17) is 16.7 Å². The van der Waals surface area contributed by atoms with E-state index in [2.05, 4.69) is 39.9 Å². The molecule has 0 aliphatic carbocycles. The van der Waals surface area contributed by atoms with Crippen molar-refractivity contribution in [3.05, 3.63) is 41.0 Å². The van der Waals surface area contributed by atoms with Crippen molar-refractivity contribution in [3.8, 4) is 5.69 Å². The number of aromatic nitrogens is 2. The van der Waals surface area contributed by atoms with E-state index in [1.165, 1.54) is 44.9 Å². The van der Waals surface area contributed by atoms with E-state index in [1.807, 2.05) is 18.2 Å². The summed E-state index contributed by atoms with van der Waals surface area (Å²) in [6.45, 7) is 11.3. The highest BCUT2D eigenvalue weighted by Gasteiger charge is 2.23. The van der Waals surface area contributed by atoms with Crippen molar-refractivity contribution in [2.24, 2.45) is 0 Å². The molecule has 0 saturated heterocycles. The lowest BCUT2D eigenvalue weighted by Crippen LogP contribution is -2.38. The Balaban J connectivity index is 1.97. The number of anilines is 1. The molecule has 0 bridgehead atoms. The summed E-state index contributed by atoms with van der Waals surface area (Å²) in [5.41, 5.74) is 1.49. The highest BCUT2D eigenvalue weighted by Crippen LogP contribution is 2.27. The van der Waals surface area contributed by atoms with Crippen LogP contribution in [0, 0.1) is 0 Å². The predicted octanol–water partition coefficient (Wildman–Crippen LogP) is 8.31. The highest BCUT2D eigenvalue weighted by atomic mass is 35.5. The Bertz CT molecular complexity index is 979. The maximum Gasteiger partial charge on any atom is 0.245 e. The summed E-state index contributed by atoms with van der Waals surface area (Å²) in [7, 11) is 0. The second kappa shape index (κ2) is 16.6. The zero-order valence-electron chi connectivity index (χ0n) is 24.3. The molecule has 6 nitrogen and oxygen atoms in total. The van der Waals surface area contributed by atoms with Gasteiger partial charge < -0.3 is 10.2 Å². The van der Waals surface area contributed by atoms with Crippen LogP contribution in [-0.4, -0.2) is 39.6 Å². The fourth-order valence-electron chi connectivity index (χ4n) is 4.36. The van der Waals surface area contributed by atoms with Crippen molar-refractivity contribution in [3.63, 3.8) is 0 Å². The number of carbonyl (C=O) groups excluding carboxylic acids is 2. The first-order valence-electron chi connectivity index (χ1n) is 14.6. The first-order chi connectivity index (χ1) is 18.2. The first-order valence-corrected chi connectivity index (χ1v) is 15.0. The van der Waals surface area contributed by atoms with Crippen LogP contribution in [0.3, 0.4) is 0 Å². The minimum Gasteiger partial charge on any atom is -0.333 e. The molecular weight excluding hydrogens is 496 g/mol. The van der Waals surface area contributed by atoms with E-state index in [0.717, 1.165) is 37.1 Å². The van der Waals surface area contributed by atoms with Crippen molar-refractivity contribution in [1.29, 1.82) is 0 Å². The molecule has 1 heterocycles. The molecule has 7 heteroatoms. The van der Waals surface area contributed by atoms with Crippen LogP contribution in [0.1, 0.15) is 117 Å². The third-order valence-electron chi connectivity index (χ3n) is 6.78. The quantitative estimate of drug-likeness (QED) is 0.203. The molecule has 1 N–H and O–H groups in total. The van der Waals surface area contributed by atoms with Crippen LogP contribution in [0.4, 0.5) is 5.82 Å². The number of carbonyl (C=O) groups is 2. The smallest absolute Gasteiger partial charge is 0.245 e. The Labute approximate surface area is 235 Å². The van der Waals surface area contributed by atoms with E-state index in [-0.39, 0.29) is 23.8 Å². The molecule has 0 spiro atoms. The maximum absolute atomic E-state index is 13.1. The van der Waals surface area contributed by atoms with Crippen molar-refractivity contribution < 1.29 is 9.59 Å². The predicted molar refractivity (Wildman–Crippen MR) is 159 cm³/mol. The van der Waals surface area contributed by atoms with Crippen LogP contribution < -0.4 is 5.32 Å². The minimum absolute atomic E-state index is 0.0485. The molecule has 0 aliphatic heterocycles. The second-order valence-corrected chi connectivity index (χ2v) is 11.8. The van der Waals surface area contributed by atoms with Crippen LogP contribution in [0.5, 0.6) is 0 Å². The number of benzene rings is 1. The molecule has 2 rings (SSSR count). The van der Waals surface area contributed by atoms with Gasteiger partial charge in [-0.1, -0.05) is 104 Å². The zero-order chi connectivity index (χ0) is 28.0. The average Bonchev–Trinajstić information content (AvgIpc) is 3.30. The Hall–Kier alpha value is -2.34. The first kappa shape index (κ1) is 31.9. The third kappa shape index (κ3) is 11.2. The van der Waals surface area contributed by atoms with Crippen LogP contribution in [0.25, 0.3) is 5.69 Å². The maximum atomic E-state index is 13.1. The Morgan fingerprint density at radius 1 is 0.895 bits per heavy atom. The van der Waals surface area contributed by atoms with Gasteiger partial charge in [0.15, 0.2) is 0 Å². The van der Waals surface area contributed by atoms with Gasteiger partial charge in [0.1, 0.15) is 5.82 Å². The minimum atomic E-state index is -0.211. The van der Waals surface area contributed by atoms with Gasteiger partial charge in [0, 0.05) is 29.5 Å². The topological polar surface area (TPSA) is 67.2 Å². The lowest BCUT2D eigenvalue weighted by atomic mass is 9.92. The molecule has 2 aromatic rings. The Morgan fingerprint density at radius 2 is 1.47 bits per heavy atom. The number of unbranched alkanes of at least 4 members (excludes halogenated alkanes) is 9. The van der Waals surface area contributed by atoms with Gasteiger partial charge in [-0.05, 0) is 37.1 Å². The van der Waals surface area contributed by atoms with E-state index in [9.17, 15) is 9.59 Å². The summed E-state index contributed by atoms with van der Waals surface area (Å²) in [6, 6.07) is 9.27. The number of nitrogens with zero attached hydrogens (tertiary/aromatic N) is 3. The SMILES string of the molecule is CCCCCCCCCCCC(=O)N(CCCC)CC(=O)Nc1cc(C(C)(C)C)nn1-c1ccc(Cl)cc1. The fourth-order valence-corrected chi connectivity index (χ4v) is 4.48. The lowest BCUT2D eigenvalue weighted by molar-refractivity contribution is -0.134. The van der Waals surface area contributed by atoms with Crippen molar-refractivity contribution in [2.45, 2.75) is 117 Å². The van der Waals surface area contributed by atoms with Crippen LogP contribution in [0.2, 0.25) is 5.02 Å². The van der Waals surface area contributed by atoms with Gasteiger partial charge in [-0.15, -0.1) is 0 Å². The number of hydrogen-bond donors (Lipinski definition) is 1. The average molecular weight is 545 g/mol. The molecule has 212 valence electrons. The molecule has 1 aromatic heterocycles. The van der Waals surface area contributed by atoms with Gasteiger partial charge >= 0.3 is 0 Å². The Morgan fingerprint density at radius 3 is 2.05 bits per heavy atom. The van der Waals surface area contributed by atoms with Crippen LogP contribution >= 0.6 is 11.6 Å². The van der Waals surface area contributed by atoms with Gasteiger partial charge in [0.05, 0.1) is 17.9 Å². The number of nitrogens with one attached hydrogen (secondary N) is 1. The number of amides is 2. The standard InChI is InChI=1S/C31H49ClN4O2/c1-6-8-10-11-12-13-14-15-16-17-30(38)35(22-9-7-2)24-29(37)33-28-23-27(31(3,4)5)34-36(28)26-20-18-25(32)19-21-26/h18-21,23H,6-17,22,24H2,1-5H3,(H,33,37). The van der Waals surface area contributed by atoms with Crippen molar-refractivity contribution in [1.82, 2.24) is 14.7 Å². The van der Waals surface area contributed by atoms with E-state index < -0.39 is 0 Å². The summed E-state index contributed by atoms with van der Waals surface area (Å²) in [5.74, 6) is 0.444. The molecule has 0 atom stereocenters. The van der Waals surface area contributed by atoms with Gasteiger partial charge in [-0.3, -0.25) is 9.59 Å². The molecule has 0 radical (unpaired) electrons. The molecule has 0 unspecified atom stereocenters. The summed E-state index contributed by atoms with van der Waals surface area (Å²) < 4.78 is 1.73. The van der Waals surface area contributed by atoms with Gasteiger partial charge in [0.2, 0.25) is 11.8 Å². The van der Waals surface area contributed by atoms with E-state index >= 15 is 0 Å². The van der Waals surface area contributed by atoms with E-state index in [1.54, 1.807) is 21.7 Å². The molecule has 0 aliphatic rings. The normalized spacial score (nSPS) is 11.5. The molecule has 38 heavy (non-hydrogen) atoms. The van der Waals surface area contributed by atoms with Crippen LogP contribution in [0.15, 0.2) is 30.3 Å². The van der Waals surface area contributed by atoms with Gasteiger partial charge in [-0.25, -0.2) is 4.68 Å². The lowest BCUT2D eigenvalue weighted by Gasteiger charge is -2.22. The van der Waals surface area contributed by atoms with E-state index in [0.29, 0.717) is 23.8 Å². The molecule has 0 saturated carbocycles. The zero-order valence-corrected chi connectivity index (χ0v) is 25.1. The molecule has 2 amide bonds. The molecular formula is C31H49ClN4O2. The number of rotatable bonds is 17. The van der Waals surface area contributed by atoms with Gasteiger partial charge in [-0.2, -0.15) is 5.10 Å². The Kier molecular flexibility index (Phi) is 13.9. The fraction of sp³-hybridized carbons (Fsp3) is 0.645. The summed E-state index contributed by atoms with van der Waals surface area (Å²) in [4.78, 5) is 27.9. The molecule has 1 aromatic carbocycles. The monoisotopic (exact) mass is 544 g/mol. The third-order valence-corrected chi connectivity index (χ3v) is 7.03. The largest absolute Gasteiger partial charge is 0.333 e. The summed E-state index contributed by atoms with van der Waals surface area (Å²) in [5, 5.41) is 8.42. The number of hydrogen-bond acceptors (Lipinski definition) is 3. The number of halogens is 1. The van der Waals surface area contributed by atoms with Crippen molar-refractivity contribution in [2.75, 3.05) is 18.4 Å². The second-order valence-electron chi connectivity index (χ2n) is 11.3. The highest BCUT2D eigenvalue weighted by molar-refractivity contribution is 6.30. The summed E-state index contributed by atoms with van der Waals surface area (Å²) >= 11 is 6.08.